The predicted octanol–water partition coefficient (Wildman–Crippen LogP) is 0.724. The van der Waals surface area contributed by atoms with Crippen LogP contribution in [0.1, 0.15) is 0 Å². The number of rotatable bonds is 3. The smallest absolute Gasteiger partial charge is 0.510 e. The van der Waals surface area contributed by atoms with Crippen molar-refractivity contribution < 1.29 is 19.1 Å². The summed E-state index contributed by atoms with van der Waals surface area (Å²) in [5, 5.41) is 8.24. The fraction of sp³-hybridized carbons (Fsp3) is 0.333. The van der Waals surface area contributed by atoms with Gasteiger partial charge in [-0.1, -0.05) is 6.58 Å². The van der Waals surface area contributed by atoms with Gasteiger partial charge in [-0.3, -0.25) is 0 Å². The number of hydrogen-bond acceptors (Lipinski definition) is 3. The molecule has 4 nitrogen and oxygen atoms in total. The van der Waals surface area contributed by atoms with Gasteiger partial charge in [0.25, 0.3) is 0 Å². The molecular weight excluding hydrogens is 131 g/mol. The van der Waals surface area contributed by atoms with E-state index in [0.29, 0.717) is 0 Å². The van der Waals surface area contributed by atoms with E-state index in [2.05, 4.69) is 11.1 Å². The molecule has 0 radical (unpaired) electrons. The molecule has 0 bridgehead atoms. The molecule has 1 atom stereocenters. The van der Waals surface area contributed by atoms with Gasteiger partial charge in [0.2, 0.25) is 0 Å². The van der Waals surface area contributed by atoms with E-state index < -0.39 is 8.25 Å². The second-order valence-electron chi connectivity index (χ2n) is 1.08. The third kappa shape index (κ3) is 5.56. The van der Waals surface area contributed by atoms with E-state index in [-0.39, 0.29) is 12.4 Å². The first-order valence-electron chi connectivity index (χ1n) is 1.78. The van der Waals surface area contributed by atoms with Crippen LogP contribution in [0.2, 0.25) is 0 Å². The lowest BCUT2D eigenvalue weighted by molar-refractivity contribution is 0.253. The van der Waals surface area contributed by atoms with Crippen molar-refractivity contribution in [2.24, 2.45) is 0 Å². The molecule has 0 saturated heterocycles. The summed E-state index contributed by atoms with van der Waals surface area (Å²) in [7, 11) is -2.60. The van der Waals surface area contributed by atoms with Crippen LogP contribution in [0.3, 0.4) is 0 Å². The van der Waals surface area contributed by atoms with Crippen molar-refractivity contribution in [2.45, 2.75) is 0 Å². The molecular formula is C3H6O4P+. The Morgan fingerprint density at radius 3 is 2.50 bits per heavy atom. The summed E-state index contributed by atoms with van der Waals surface area (Å²) in [6.07, 6.45) is 0. The maximum Gasteiger partial charge on any atom is 0.695 e. The van der Waals surface area contributed by atoms with Crippen molar-refractivity contribution in [3.63, 3.8) is 0 Å². The lowest BCUT2D eigenvalue weighted by atomic mass is 10.6. The second kappa shape index (κ2) is 3.55. The highest BCUT2D eigenvalue weighted by molar-refractivity contribution is 7.32. The molecule has 46 valence electrons. The topological polar surface area (TPSA) is 66.8 Å². The van der Waals surface area contributed by atoms with Gasteiger partial charge in [-0.2, -0.15) is 0 Å². The molecule has 0 heterocycles. The summed E-state index contributed by atoms with van der Waals surface area (Å²) in [5.74, 6) is -0.262. The molecule has 5 heteroatoms. The molecule has 0 spiro atoms. The lowest BCUT2D eigenvalue weighted by Crippen LogP contribution is -1.87. The quantitative estimate of drug-likeness (QED) is 0.444. The van der Waals surface area contributed by atoms with E-state index in [1.54, 1.807) is 0 Å². The highest BCUT2D eigenvalue weighted by Gasteiger charge is 2.11. The summed E-state index contributed by atoms with van der Waals surface area (Å²) in [5.41, 5.74) is 0. The largest absolute Gasteiger partial charge is 0.695 e. The number of hydrogen-bond donors (Lipinski definition) is 2. The van der Waals surface area contributed by atoms with Gasteiger partial charge in [0.1, 0.15) is 5.76 Å². The second-order valence-corrected chi connectivity index (χ2v) is 1.81. The van der Waals surface area contributed by atoms with E-state index in [4.69, 9.17) is 10.00 Å². The molecule has 0 aromatic rings. The Labute approximate surface area is 47.4 Å². The Bertz CT molecular complexity index is 95.9. The van der Waals surface area contributed by atoms with Gasteiger partial charge in [0, 0.05) is 4.57 Å². The van der Waals surface area contributed by atoms with Crippen LogP contribution in [0.5, 0.6) is 0 Å². The number of aliphatic hydroxyl groups is 1. The lowest BCUT2D eigenvalue weighted by Gasteiger charge is -1.83. The monoisotopic (exact) mass is 137 g/mol. The highest BCUT2D eigenvalue weighted by atomic mass is 31.1. The Morgan fingerprint density at radius 1 is 1.88 bits per heavy atom. The van der Waals surface area contributed by atoms with Crippen molar-refractivity contribution in [3.05, 3.63) is 12.3 Å². The normalized spacial score (nSPS) is 10.9. The van der Waals surface area contributed by atoms with Crippen molar-refractivity contribution in [1.29, 1.82) is 0 Å². The Morgan fingerprint density at radius 2 is 2.38 bits per heavy atom. The molecule has 0 aromatic carbocycles. The van der Waals surface area contributed by atoms with E-state index in [1.807, 2.05) is 0 Å². The first kappa shape index (κ1) is 7.56. The van der Waals surface area contributed by atoms with Gasteiger partial charge >= 0.3 is 8.25 Å². The molecule has 1 unspecified atom stereocenters. The van der Waals surface area contributed by atoms with Crippen LogP contribution < -0.4 is 0 Å². The minimum Gasteiger partial charge on any atom is -0.510 e. The van der Waals surface area contributed by atoms with Crippen LogP contribution in [0.4, 0.5) is 0 Å². The van der Waals surface area contributed by atoms with Crippen LogP contribution in [0.15, 0.2) is 12.3 Å². The van der Waals surface area contributed by atoms with E-state index in [1.165, 1.54) is 0 Å². The first-order valence-corrected chi connectivity index (χ1v) is 2.91. The van der Waals surface area contributed by atoms with Crippen molar-refractivity contribution in [2.75, 3.05) is 6.61 Å². The van der Waals surface area contributed by atoms with Crippen LogP contribution >= 0.6 is 8.25 Å². The van der Waals surface area contributed by atoms with Gasteiger partial charge in [0.15, 0.2) is 6.61 Å². The highest BCUT2D eigenvalue weighted by Crippen LogP contribution is 2.14. The summed E-state index contributed by atoms with van der Waals surface area (Å²) in [6.45, 7) is 2.73. The van der Waals surface area contributed by atoms with Crippen LogP contribution in [-0.4, -0.2) is 16.6 Å². The van der Waals surface area contributed by atoms with Crippen LogP contribution in [-0.2, 0) is 9.09 Å². The molecule has 0 saturated carbocycles. The van der Waals surface area contributed by atoms with Gasteiger partial charge in [-0.25, -0.2) is 0 Å². The fourth-order valence-electron chi connectivity index (χ4n) is 0.130. The maximum absolute atomic E-state index is 9.68. The van der Waals surface area contributed by atoms with Gasteiger partial charge in [-0.05, 0) is 0 Å². The zero-order valence-corrected chi connectivity index (χ0v) is 4.97. The predicted molar refractivity (Wildman–Crippen MR) is 27.5 cm³/mol. The van der Waals surface area contributed by atoms with Crippen molar-refractivity contribution in [1.82, 2.24) is 0 Å². The zero-order chi connectivity index (χ0) is 6.57. The third-order valence-corrected chi connectivity index (χ3v) is 0.692. The first-order chi connectivity index (χ1) is 3.63. The van der Waals surface area contributed by atoms with Crippen molar-refractivity contribution in [3.8, 4) is 0 Å². The van der Waals surface area contributed by atoms with E-state index >= 15 is 0 Å². The SMILES string of the molecule is C=C(O)CO[P+](=O)O. The minimum atomic E-state index is -2.60. The van der Waals surface area contributed by atoms with Crippen LogP contribution in [0, 0.1) is 0 Å². The van der Waals surface area contributed by atoms with Gasteiger partial charge < -0.3 is 5.11 Å². The molecule has 0 amide bonds. The molecule has 0 aliphatic rings. The molecule has 2 N–H and O–H groups in total. The summed E-state index contributed by atoms with van der Waals surface area (Å²) in [6, 6.07) is 0. The Balaban J connectivity index is 3.18. The van der Waals surface area contributed by atoms with Crippen molar-refractivity contribution >= 4 is 8.25 Å². The standard InChI is InChI=1S/C3H5O4P/c1-3(4)2-7-8(5)6/h1-2H2,(H-,4,5,6)/p+1. The maximum atomic E-state index is 9.68. The van der Waals surface area contributed by atoms with E-state index in [0.717, 1.165) is 0 Å². The molecule has 0 aromatic heterocycles. The molecule has 0 aliphatic carbocycles. The summed E-state index contributed by atoms with van der Waals surface area (Å²) in [4.78, 5) is 7.94. The molecule has 0 rings (SSSR count). The Hall–Kier alpha value is -0.440. The number of aliphatic hydroxyl groups excluding tert-OH is 1. The van der Waals surface area contributed by atoms with Crippen LogP contribution in [0.25, 0.3) is 0 Å². The molecule has 8 heavy (non-hydrogen) atoms. The summed E-state index contributed by atoms with van der Waals surface area (Å²) < 4.78 is 13.7. The average Bonchev–Trinajstić information content (AvgIpc) is 1.61. The zero-order valence-electron chi connectivity index (χ0n) is 4.07. The molecule has 0 aliphatic heterocycles. The minimum absolute atomic E-state index is 0.262. The fourth-order valence-corrected chi connectivity index (χ4v) is 0.389. The molecule has 0 fully saturated rings. The van der Waals surface area contributed by atoms with Gasteiger partial charge in [-0.15, -0.1) is 9.42 Å². The average molecular weight is 137 g/mol. The Kier molecular flexibility index (Phi) is 3.35. The van der Waals surface area contributed by atoms with E-state index in [9.17, 15) is 4.57 Å². The van der Waals surface area contributed by atoms with Gasteiger partial charge in [0.05, 0.1) is 0 Å². The summed E-state index contributed by atoms with van der Waals surface area (Å²) >= 11 is 0. The third-order valence-electron chi connectivity index (χ3n) is 0.342.